The van der Waals surface area contributed by atoms with E-state index >= 15 is 0 Å². The Morgan fingerprint density at radius 1 is 0.319 bits per heavy atom. The Morgan fingerprint density at radius 3 is 0.903 bits per heavy atom. The van der Waals surface area contributed by atoms with E-state index < -0.39 is 0 Å². The summed E-state index contributed by atoms with van der Waals surface area (Å²) in [4.78, 5) is 17.0. The zero-order chi connectivity index (χ0) is 47.6. The van der Waals surface area contributed by atoms with Crippen LogP contribution in [0.1, 0.15) is 11.1 Å². The van der Waals surface area contributed by atoms with E-state index in [1.54, 1.807) is 12.1 Å². The number of pyridine rings is 1. The van der Waals surface area contributed by atoms with Gasteiger partial charge in [0, 0.05) is 43.1 Å². The molecule has 9 aromatic carbocycles. The minimum Gasteiger partial charge on any atom is -0.305 e. The molecule has 0 radical (unpaired) electrons. The molecular weight excluding hydrogens is 883 g/mol. The second-order valence-electron chi connectivity index (χ2n) is 18.2. The maximum Gasteiger partial charge on any atom is 0.165 e. The highest BCUT2D eigenvalue weighted by molar-refractivity contribution is 6.15. The van der Waals surface area contributed by atoms with Crippen LogP contribution in [-0.2, 0) is 0 Å². The lowest BCUT2D eigenvalue weighted by Gasteiger charge is -2.26. The lowest BCUT2D eigenvalue weighted by atomic mass is 10.0. The zero-order valence-corrected chi connectivity index (χ0v) is 38.2. The lowest BCUT2D eigenvalue weighted by Crippen LogP contribution is -2.16. The molecule has 15 rings (SSSR count). The minimum atomic E-state index is 0.230. The van der Waals surface area contributed by atoms with Crippen molar-refractivity contribution in [1.82, 2.24) is 33.2 Å². The average molecular weight is 918 g/mol. The largest absolute Gasteiger partial charge is 0.305 e. The molecule has 15 aromatic rings. The molecule has 9 nitrogen and oxygen atoms in total. The Morgan fingerprint density at radius 2 is 0.597 bits per heavy atom. The van der Waals surface area contributed by atoms with Crippen molar-refractivity contribution in [3.05, 3.63) is 224 Å². The van der Waals surface area contributed by atoms with Crippen molar-refractivity contribution in [2.45, 2.75) is 0 Å². The van der Waals surface area contributed by atoms with Crippen LogP contribution in [0.2, 0.25) is 0 Å². The van der Waals surface area contributed by atoms with E-state index in [9.17, 15) is 10.5 Å². The Balaban J connectivity index is 1.28. The molecule has 0 aliphatic carbocycles. The highest BCUT2D eigenvalue weighted by atomic mass is 15.2. The fourth-order valence-electron chi connectivity index (χ4n) is 11.5. The number of para-hydroxylation sites is 8. The number of rotatable bonds is 5. The Labute approximate surface area is 410 Å². The van der Waals surface area contributed by atoms with E-state index in [1.165, 1.54) is 0 Å². The highest BCUT2D eigenvalue weighted by Crippen LogP contribution is 2.48. The Kier molecular flexibility index (Phi) is 8.30. The normalized spacial score (nSPS) is 11.9. The van der Waals surface area contributed by atoms with Gasteiger partial charge in [-0.05, 0) is 60.7 Å². The zero-order valence-electron chi connectivity index (χ0n) is 38.2. The second kappa shape index (κ2) is 15.1. The average Bonchev–Trinajstić information content (AvgIpc) is 4.17. The number of aromatic nitrogens is 7. The third kappa shape index (κ3) is 5.42. The summed E-state index contributed by atoms with van der Waals surface area (Å²) in [6, 6.07) is 76.3. The first-order chi connectivity index (χ1) is 35.7. The van der Waals surface area contributed by atoms with E-state index in [0.29, 0.717) is 28.4 Å². The minimum absolute atomic E-state index is 0.230. The molecule has 0 atom stereocenters. The molecule has 0 saturated carbocycles. The van der Waals surface area contributed by atoms with Crippen molar-refractivity contribution in [3.63, 3.8) is 0 Å². The van der Waals surface area contributed by atoms with Crippen LogP contribution in [0.15, 0.2) is 212 Å². The van der Waals surface area contributed by atoms with Gasteiger partial charge >= 0.3 is 0 Å². The van der Waals surface area contributed by atoms with Crippen LogP contribution in [0.3, 0.4) is 0 Å². The number of hydrogen-bond acceptors (Lipinski definition) is 5. The highest BCUT2D eigenvalue weighted by Gasteiger charge is 2.33. The molecule has 0 unspecified atom stereocenters. The van der Waals surface area contributed by atoms with E-state index in [0.717, 1.165) is 104 Å². The van der Waals surface area contributed by atoms with Crippen molar-refractivity contribution in [2.24, 2.45) is 0 Å². The van der Waals surface area contributed by atoms with Gasteiger partial charge in [-0.2, -0.15) is 10.5 Å². The third-order valence-electron chi connectivity index (χ3n) is 14.5. The topological polar surface area (TPSA) is 106 Å². The number of nitriles is 2. The number of nitrogens with zero attached hydrogens (tertiary/aromatic N) is 9. The maximum absolute atomic E-state index is 10.4. The van der Waals surface area contributed by atoms with Gasteiger partial charge in [0.2, 0.25) is 0 Å². The predicted octanol–water partition coefficient (Wildman–Crippen LogP) is 14.8. The van der Waals surface area contributed by atoms with Crippen molar-refractivity contribution in [2.75, 3.05) is 0 Å². The van der Waals surface area contributed by atoms with Crippen molar-refractivity contribution < 1.29 is 0 Å². The first-order valence-electron chi connectivity index (χ1n) is 23.8. The summed E-state index contributed by atoms with van der Waals surface area (Å²) in [7, 11) is 0. The van der Waals surface area contributed by atoms with Gasteiger partial charge in [-0.3, -0.25) is 14.1 Å². The summed E-state index contributed by atoms with van der Waals surface area (Å²) in [6.07, 6.45) is 1.82. The quantitative estimate of drug-likeness (QED) is 0.171. The molecule has 6 aromatic heterocycles. The third-order valence-corrected chi connectivity index (χ3v) is 14.5. The predicted molar refractivity (Wildman–Crippen MR) is 290 cm³/mol. The van der Waals surface area contributed by atoms with Crippen LogP contribution in [0.25, 0.3) is 133 Å². The van der Waals surface area contributed by atoms with Gasteiger partial charge < -0.3 is 9.13 Å². The standard InChI is InChI=1S/C63H35N9/c64-35-38-33-48-49(34-39(38)36-65)67-50(37-66-48)59-60(69-51-25-9-1-17-40(51)41-18-2-10-26-52(41)69)62(71-55-29-13-5-21-44(55)45-22-6-14-30-56(45)71)68-63(72-57-31-15-7-23-46(57)47-24-8-16-32-58(47)72)61(59)70-53-27-11-3-19-42(53)43-20-4-12-28-54(43)70/h1-34,37H. The molecule has 0 aliphatic rings. The van der Waals surface area contributed by atoms with Crippen LogP contribution in [-0.4, -0.2) is 33.2 Å². The molecule has 6 heterocycles. The summed E-state index contributed by atoms with van der Waals surface area (Å²) >= 11 is 0. The number of hydrogen-bond donors (Lipinski definition) is 0. The molecule has 0 spiro atoms. The monoisotopic (exact) mass is 917 g/mol. The maximum atomic E-state index is 10.4. The van der Waals surface area contributed by atoms with Gasteiger partial charge in [0.1, 0.15) is 23.5 Å². The summed E-state index contributed by atoms with van der Waals surface area (Å²) in [5.74, 6) is 1.35. The van der Waals surface area contributed by atoms with Crippen molar-refractivity contribution in [1.29, 1.82) is 10.5 Å². The van der Waals surface area contributed by atoms with Crippen LogP contribution in [0.5, 0.6) is 0 Å². The van der Waals surface area contributed by atoms with Crippen LogP contribution >= 0.6 is 0 Å². The van der Waals surface area contributed by atoms with Crippen LogP contribution in [0.4, 0.5) is 0 Å². The number of benzene rings is 9. The fraction of sp³-hybridized carbons (Fsp3) is 0. The van der Waals surface area contributed by atoms with E-state index in [-0.39, 0.29) is 11.1 Å². The van der Waals surface area contributed by atoms with Crippen molar-refractivity contribution in [3.8, 4) is 46.4 Å². The fourth-order valence-corrected chi connectivity index (χ4v) is 11.5. The second-order valence-corrected chi connectivity index (χ2v) is 18.2. The van der Waals surface area contributed by atoms with Gasteiger partial charge in [-0.15, -0.1) is 0 Å². The summed E-state index contributed by atoms with van der Waals surface area (Å²) in [6.45, 7) is 0. The van der Waals surface area contributed by atoms with E-state index in [1.807, 2.05) is 6.20 Å². The van der Waals surface area contributed by atoms with E-state index in [4.69, 9.17) is 15.0 Å². The molecule has 72 heavy (non-hydrogen) atoms. The van der Waals surface area contributed by atoms with Gasteiger partial charge in [0.15, 0.2) is 11.6 Å². The summed E-state index contributed by atoms with van der Waals surface area (Å²) in [5, 5.41) is 29.3. The molecule has 9 heteroatoms. The van der Waals surface area contributed by atoms with Crippen molar-refractivity contribution >= 4 is 98.3 Å². The van der Waals surface area contributed by atoms with E-state index in [2.05, 4.69) is 225 Å². The van der Waals surface area contributed by atoms with Gasteiger partial charge in [-0.25, -0.2) is 9.97 Å². The summed E-state index contributed by atoms with van der Waals surface area (Å²) < 4.78 is 9.37. The summed E-state index contributed by atoms with van der Waals surface area (Å²) in [5.41, 5.74) is 12.2. The van der Waals surface area contributed by atoms with Gasteiger partial charge in [0.25, 0.3) is 0 Å². The van der Waals surface area contributed by atoms with Crippen LogP contribution < -0.4 is 0 Å². The Bertz CT molecular complexity index is 4450. The lowest BCUT2D eigenvalue weighted by molar-refractivity contribution is 0.959. The molecule has 0 aliphatic heterocycles. The van der Waals surface area contributed by atoms with Crippen LogP contribution in [0, 0.1) is 22.7 Å². The Hall–Kier alpha value is -10.4. The molecule has 0 amide bonds. The first kappa shape index (κ1) is 39.6. The molecule has 332 valence electrons. The number of fused-ring (bicyclic) bond motifs is 13. The SMILES string of the molecule is N#Cc1cc2ncc(-c3c(-n4c5ccccc5c5ccccc54)c(-n4c5ccccc5c5ccccc54)nc(-n4c5ccccc5c5ccccc54)c3-n3c4ccccc4c4ccccc43)nc2cc1C#N. The van der Waals surface area contributed by atoms with Gasteiger partial charge in [-0.1, -0.05) is 146 Å². The molecule has 0 bridgehead atoms. The molecule has 0 fully saturated rings. The van der Waals surface area contributed by atoms with Gasteiger partial charge in [0.05, 0.1) is 83.7 Å². The smallest absolute Gasteiger partial charge is 0.165 e. The molecule has 0 saturated heterocycles. The molecular formula is C63H35N9. The molecule has 0 N–H and O–H groups in total. The first-order valence-corrected chi connectivity index (χ1v) is 23.8.